The lowest BCUT2D eigenvalue weighted by Gasteiger charge is -2.11. The summed E-state index contributed by atoms with van der Waals surface area (Å²) < 4.78 is 4.99. The van der Waals surface area contributed by atoms with Crippen molar-refractivity contribution in [3.05, 3.63) is 0 Å². The predicted molar refractivity (Wildman–Crippen MR) is 73.0 cm³/mol. The first-order valence-corrected chi connectivity index (χ1v) is 7.14. The van der Waals surface area contributed by atoms with Crippen molar-refractivity contribution in [2.45, 2.75) is 32.4 Å². The van der Waals surface area contributed by atoms with Gasteiger partial charge in [0.05, 0.1) is 18.3 Å². The third kappa shape index (κ3) is 10.4. The van der Waals surface area contributed by atoms with Gasteiger partial charge in [0.25, 0.3) is 0 Å². The molecule has 0 aromatic heterocycles. The van der Waals surface area contributed by atoms with Crippen molar-refractivity contribution in [3.63, 3.8) is 0 Å². The lowest BCUT2D eigenvalue weighted by molar-refractivity contribution is -0.144. The summed E-state index contributed by atoms with van der Waals surface area (Å²) in [7, 11) is 0. The lowest BCUT2D eigenvalue weighted by atomic mass is 10.2. The van der Waals surface area contributed by atoms with Crippen molar-refractivity contribution in [3.8, 4) is 0 Å². The maximum Gasteiger partial charge on any atom is 0.322 e. The quantitative estimate of drug-likeness (QED) is 0.613. The smallest absolute Gasteiger partial charge is 0.322 e. The second-order valence-electron chi connectivity index (χ2n) is 4.45. The first-order chi connectivity index (χ1) is 8.82. The molecule has 0 aromatic rings. The zero-order valence-electron chi connectivity index (χ0n) is 11.5. The van der Waals surface area contributed by atoms with Crippen LogP contribution in [-0.4, -0.2) is 47.1 Å². The average Bonchev–Trinajstić information content (AvgIpc) is 2.33. The third-order valence-electron chi connectivity index (χ3n) is 2.03. The van der Waals surface area contributed by atoms with Crippen LogP contribution in [0.5, 0.6) is 0 Å². The molecule has 0 saturated heterocycles. The molecule has 19 heavy (non-hydrogen) atoms. The van der Waals surface area contributed by atoms with Crippen LogP contribution < -0.4 is 5.32 Å². The van der Waals surface area contributed by atoms with E-state index >= 15 is 0 Å². The van der Waals surface area contributed by atoms with Gasteiger partial charge in [-0.25, -0.2) is 0 Å². The van der Waals surface area contributed by atoms with Crippen LogP contribution in [0.1, 0.15) is 27.2 Å². The maximum atomic E-state index is 11.4. The minimum Gasteiger partial charge on any atom is -0.480 e. The van der Waals surface area contributed by atoms with E-state index in [0.29, 0.717) is 18.3 Å². The number of rotatable bonds is 9. The van der Waals surface area contributed by atoms with Crippen LogP contribution in [0.3, 0.4) is 0 Å². The summed E-state index contributed by atoms with van der Waals surface area (Å²) in [4.78, 5) is 33.0. The number of ether oxygens (including phenoxy) is 1. The van der Waals surface area contributed by atoms with Gasteiger partial charge in [-0.05, 0) is 12.8 Å². The Bertz CT molecular complexity index is 319. The van der Waals surface area contributed by atoms with Crippen molar-refractivity contribution in [1.82, 2.24) is 5.32 Å². The summed E-state index contributed by atoms with van der Waals surface area (Å²) in [5, 5.41) is 10.3. The number of thioether (sulfide) groups is 1. The Hall–Kier alpha value is -1.24. The van der Waals surface area contributed by atoms with Gasteiger partial charge in [-0.2, -0.15) is 0 Å². The lowest BCUT2D eigenvalue weighted by Crippen LogP contribution is -2.35. The topological polar surface area (TPSA) is 92.7 Å². The number of carbonyl (C=O) groups excluding carboxylic acids is 2. The molecule has 0 saturated carbocycles. The Morgan fingerprint density at radius 1 is 1.26 bits per heavy atom. The fraction of sp³-hybridized carbons (Fsp3) is 0.750. The van der Waals surface area contributed by atoms with Gasteiger partial charge in [0.2, 0.25) is 5.91 Å². The van der Waals surface area contributed by atoms with Gasteiger partial charge in [-0.3, -0.25) is 14.4 Å². The number of nitrogens with one attached hydrogen (secondary N) is 1. The molecule has 0 spiro atoms. The van der Waals surface area contributed by atoms with Crippen LogP contribution in [0, 0.1) is 5.92 Å². The number of amides is 1. The van der Waals surface area contributed by atoms with Crippen LogP contribution in [-0.2, 0) is 19.1 Å². The number of carboxylic acid groups (broad SMARTS) is 1. The van der Waals surface area contributed by atoms with Gasteiger partial charge in [0, 0.05) is 5.75 Å². The summed E-state index contributed by atoms with van der Waals surface area (Å²) in [5.74, 6) is -0.930. The van der Waals surface area contributed by atoms with E-state index in [-0.39, 0.29) is 24.8 Å². The van der Waals surface area contributed by atoms with Crippen LogP contribution in [0.2, 0.25) is 0 Å². The van der Waals surface area contributed by atoms with Crippen molar-refractivity contribution in [1.29, 1.82) is 0 Å². The van der Waals surface area contributed by atoms with E-state index in [1.807, 2.05) is 13.8 Å². The summed E-state index contributed by atoms with van der Waals surface area (Å²) in [5.41, 5.74) is 0. The van der Waals surface area contributed by atoms with E-state index in [1.165, 1.54) is 11.8 Å². The Balaban J connectivity index is 3.72. The molecule has 0 aliphatic heterocycles. The van der Waals surface area contributed by atoms with Gasteiger partial charge >= 0.3 is 11.9 Å². The third-order valence-corrected chi connectivity index (χ3v) is 3.19. The zero-order chi connectivity index (χ0) is 14.8. The van der Waals surface area contributed by atoms with Crippen LogP contribution >= 0.6 is 11.8 Å². The van der Waals surface area contributed by atoms with Crippen LogP contribution in [0.15, 0.2) is 0 Å². The van der Waals surface area contributed by atoms with E-state index < -0.39 is 11.2 Å². The first-order valence-electron chi connectivity index (χ1n) is 6.09. The average molecular weight is 291 g/mol. The van der Waals surface area contributed by atoms with Gasteiger partial charge in [0.1, 0.15) is 6.54 Å². The highest BCUT2D eigenvalue weighted by molar-refractivity contribution is 8.00. The number of esters is 1. The molecular formula is C12H21NO5S. The largest absolute Gasteiger partial charge is 0.480 e. The number of aliphatic carboxylic acids is 1. The normalized spacial score (nSPS) is 12.0. The molecule has 0 aliphatic rings. The van der Waals surface area contributed by atoms with Crippen LogP contribution in [0.25, 0.3) is 0 Å². The highest BCUT2D eigenvalue weighted by Crippen LogP contribution is 2.12. The standard InChI is InChI=1S/C12H21NO5S/c1-8(2)7-18-11(16)4-5-19-9(3)12(17)13-6-10(14)15/h8-9H,4-7H2,1-3H3,(H,13,17)(H,14,15). The van der Waals surface area contributed by atoms with Crippen molar-refractivity contribution < 1.29 is 24.2 Å². The monoisotopic (exact) mass is 291 g/mol. The number of hydrogen-bond donors (Lipinski definition) is 2. The van der Waals surface area contributed by atoms with Crippen LogP contribution in [0.4, 0.5) is 0 Å². The molecule has 1 atom stereocenters. The number of carboxylic acids is 1. The molecule has 6 nitrogen and oxygen atoms in total. The molecule has 7 heteroatoms. The Morgan fingerprint density at radius 3 is 2.42 bits per heavy atom. The summed E-state index contributed by atoms with van der Waals surface area (Å²) >= 11 is 1.29. The highest BCUT2D eigenvalue weighted by Gasteiger charge is 2.14. The first kappa shape index (κ1) is 17.8. The van der Waals surface area contributed by atoms with Gasteiger partial charge in [0.15, 0.2) is 0 Å². The van der Waals surface area contributed by atoms with E-state index in [9.17, 15) is 14.4 Å². The van der Waals surface area contributed by atoms with E-state index in [4.69, 9.17) is 9.84 Å². The van der Waals surface area contributed by atoms with E-state index in [2.05, 4.69) is 5.32 Å². The summed E-state index contributed by atoms with van der Waals surface area (Å²) in [6.07, 6.45) is 0.244. The molecule has 0 aliphatic carbocycles. The Labute approximate surface area is 117 Å². The second-order valence-corrected chi connectivity index (χ2v) is 5.90. The molecule has 2 N–H and O–H groups in total. The van der Waals surface area contributed by atoms with Crippen molar-refractivity contribution >= 4 is 29.6 Å². The van der Waals surface area contributed by atoms with E-state index in [1.54, 1.807) is 6.92 Å². The summed E-state index contributed by atoms with van der Waals surface area (Å²) in [6.45, 7) is 5.59. The fourth-order valence-electron chi connectivity index (χ4n) is 1.03. The molecule has 0 rings (SSSR count). The predicted octanol–water partition coefficient (Wildman–Crippen LogP) is 0.898. The molecule has 0 radical (unpaired) electrons. The van der Waals surface area contributed by atoms with Crippen molar-refractivity contribution in [2.24, 2.45) is 5.92 Å². The minimum absolute atomic E-state index is 0.244. The Kier molecular flexibility index (Phi) is 9.03. The maximum absolute atomic E-state index is 11.4. The summed E-state index contributed by atoms with van der Waals surface area (Å²) in [6, 6.07) is 0. The Morgan fingerprint density at radius 2 is 1.89 bits per heavy atom. The minimum atomic E-state index is -1.08. The molecule has 110 valence electrons. The zero-order valence-corrected chi connectivity index (χ0v) is 12.3. The van der Waals surface area contributed by atoms with Crippen molar-refractivity contribution in [2.75, 3.05) is 18.9 Å². The molecule has 0 heterocycles. The second kappa shape index (κ2) is 9.66. The molecular weight excluding hydrogens is 270 g/mol. The fourth-order valence-corrected chi connectivity index (χ4v) is 1.91. The SMILES string of the molecule is CC(C)COC(=O)CCSC(C)C(=O)NCC(=O)O. The molecule has 0 bridgehead atoms. The van der Waals surface area contributed by atoms with Gasteiger partial charge in [-0.1, -0.05) is 13.8 Å². The molecule has 0 aromatic carbocycles. The highest BCUT2D eigenvalue weighted by atomic mass is 32.2. The number of carbonyl (C=O) groups is 3. The van der Waals surface area contributed by atoms with Gasteiger partial charge in [-0.15, -0.1) is 11.8 Å². The molecule has 1 amide bonds. The van der Waals surface area contributed by atoms with Gasteiger partial charge < -0.3 is 15.2 Å². The molecule has 0 fully saturated rings. The molecule has 1 unspecified atom stereocenters. The van der Waals surface area contributed by atoms with E-state index in [0.717, 1.165) is 0 Å². The number of hydrogen-bond acceptors (Lipinski definition) is 5.